The summed E-state index contributed by atoms with van der Waals surface area (Å²) in [6, 6.07) is 11.2. The number of carbonyl (C=O) groups excluding carboxylic acids is 1. The summed E-state index contributed by atoms with van der Waals surface area (Å²) in [6.45, 7) is 0. The van der Waals surface area contributed by atoms with Gasteiger partial charge in [-0.2, -0.15) is 0 Å². The lowest BCUT2D eigenvalue weighted by molar-refractivity contribution is 0.111. The fourth-order valence-corrected chi connectivity index (χ4v) is 2.38. The van der Waals surface area contributed by atoms with Gasteiger partial charge >= 0.3 is 0 Å². The number of hydrogen-bond donors (Lipinski definition) is 2. The number of aldehydes is 1. The van der Waals surface area contributed by atoms with Crippen LogP contribution in [0.15, 0.2) is 47.6 Å². The van der Waals surface area contributed by atoms with Crippen molar-refractivity contribution >= 4 is 46.6 Å². The van der Waals surface area contributed by atoms with Crippen LogP contribution in [0.5, 0.6) is 0 Å². The molecule has 0 radical (unpaired) electrons. The second kappa shape index (κ2) is 8.84. The molecule has 3 rings (SSSR count). The molecule has 3 aromatic rings. The van der Waals surface area contributed by atoms with Gasteiger partial charge in [0.15, 0.2) is 6.29 Å². The van der Waals surface area contributed by atoms with Crippen LogP contribution < -0.4 is 10.6 Å². The Morgan fingerprint density at radius 3 is 2.56 bits per heavy atom. The maximum atomic E-state index is 10.7. The lowest BCUT2D eigenvalue weighted by atomic mass is 10.3. The Bertz CT molecular complexity index is 871. The maximum Gasteiger partial charge on any atom is 0.166 e. The molecule has 0 saturated carbocycles. The number of aryl methyl sites for hydroxylation is 1. The Hall–Kier alpha value is -2.86. The molecule has 7 heteroatoms. The molecule has 0 fully saturated rings. The van der Waals surface area contributed by atoms with Gasteiger partial charge in [-0.25, -0.2) is 4.98 Å². The van der Waals surface area contributed by atoms with Crippen LogP contribution in [0.25, 0.3) is 11.0 Å². The first-order valence-corrected chi connectivity index (χ1v) is 7.98. The van der Waals surface area contributed by atoms with Crippen molar-refractivity contribution in [1.82, 2.24) is 9.55 Å². The molecule has 0 saturated heterocycles. The Balaban J connectivity index is 0.000000186. The van der Waals surface area contributed by atoms with Crippen LogP contribution in [0, 0.1) is 0 Å². The van der Waals surface area contributed by atoms with Crippen LogP contribution in [0.4, 0.5) is 11.4 Å². The number of fused-ring (bicyclic) bond motifs is 1. The van der Waals surface area contributed by atoms with Crippen LogP contribution in [-0.2, 0) is 7.05 Å². The molecule has 6 nitrogen and oxygen atoms in total. The molecule has 2 aromatic heterocycles. The average Bonchev–Trinajstić information content (AvgIpc) is 2.98. The first kappa shape index (κ1) is 18.5. The second-order valence-electron chi connectivity index (χ2n) is 5.13. The number of hydrogen-bond acceptors (Lipinski definition) is 4. The van der Waals surface area contributed by atoms with Crippen molar-refractivity contribution in [2.24, 2.45) is 12.0 Å². The summed E-state index contributed by atoms with van der Waals surface area (Å²) in [4.78, 5) is 18.7. The van der Waals surface area contributed by atoms with E-state index in [9.17, 15) is 4.79 Å². The predicted molar refractivity (Wildman–Crippen MR) is 105 cm³/mol. The third-order valence-electron chi connectivity index (χ3n) is 3.56. The SMILES string of the molecule is CN=CNc1ccc(Cl)cc1.CNc1ccnc2c1cc(C=O)n2C. The average molecular weight is 358 g/mol. The molecule has 2 N–H and O–H groups in total. The number of aromatic nitrogens is 2. The van der Waals surface area contributed by atoms with Gasteiger partial charge in [0, 0.05) is 49.1 Å². The molecule has 25 heavy (non-hydrogen) atoms. The van der Waals surface area contributed by atoms with Crippen LogP contribution in [0.3, 0.4) is 0 Å². The lowest BCUT2D eigenvalue weighted by Crippen LogP contribution is -1.95. The van der Waals surface area contributed by atoms with Crippen molar-refractivity contribution in [2.75, 3.05) is 24.7 Å². The summed E-state index contributed by atoms with van der Waals surface area (Å²) in [5.41, 5.74) is 3.42. The number of benzene rings is 1. The molecule has 0 amide bonds. The van der Waals surface area contributed by atoms with Crippen molar-refractivity contribution in [2.45, 2.75) is 0 Å². The Kier molecular flexibility index (Phi) is 6.54. The Morgan fingerprint density at radius 1 is 1.24 bits per heavy atom. The molecule has 0 spiro atoms. The second-order valence-corrected chi connectivity index (χ2v) is 5.57. The fraction of sp³-hybridized carbons (Fsp3) is 0.167. The first-order chi connectivity index (χ1) is 12.1. The van der Waals surface area contributed by atoms with Gasteiger partial charge in [0.25, 0.3) is 0 Å². The van der Waals surface area contributed by atoms with Gasteiger partial charge in [-0.15, -0.1) is 0 Å². The number of pyridine rings is 1. The van der Waals surface area contributed by atoms with E-state index in [4.69, 9.17) is 11.6 Å². The van der Waals surface area contributed by atoms with E-state index >= 15 is 0 Å². The quantitative estimate of drug-likeness (QED) is 0.423. The highest BCUT2D eigenvalue weighted by Gasteiger charge is 2.08. The van der Waals surface area contributed by atoms with Crippen molar-refractivity contribution < 1.29 is 4.79 Å². The minimum Gasteiger partial charge on any atom is -0.387 e. The highest BCUT2D eigenvalue weighted by Crippen LogP contribution is 2.23. The highest BCUT2D eigenvalue weighted by molar-refractivity contribution is 6.30. The summed E-state index contributed by atoms with van der Waals surface area (Å²) in [7, 11) is 5.39. The minimum atomic E-state index is 0.634. The van der Waals surface area contributed by atoms with Crippen molar-refractivity contribution in [3.05, 3.63) is 53.3 Å². The molecule has 0 bridgehead atoms. The maximum absolute atomic E-state index is 10.7. The fourth-order valence-electron chi connectivity index (χ4n) is 2.26. The molecular weight excluding hydrogens is 338 g/mol. The normalized spacial score (nSPS) is 10.4. The van der Waals surface area contributed by atoms with Gasteiger partial charge in [0.05, 0.1) is 12.0 Å². The number of nitrogens with zero attached hydrogens (tertiary/aromatic N) is 3. The van der Waals surface area contributed by atoms with E-state index < -0.39 is 0 Å². The zero-order chi connectivity index (χ0) is 18.2. The predicted octanol–water partition coefficient (Wildman–Crippen LogP) is 3.84. The summed E-state index contributed by atoms with van der Waals surface area (Å²) in [5, 5.41) is 7.75. The van der Waals surface area contributed by atoms with E-state index in [1.54, 1.807) is 24.2 Å². The topological polar surface area (TPSA) is 71.3 Å². The third-order valence-corrected chi connectivity index (χ3v) is 3.81. The zero-order valence-electron chi connectivity index (χ0n) is 14.3. The largest absolute Gasteiger partial charge is 0.387 e. The number of carbonyl (C=O) groups is 1. The van der Waals surface area contributed by atoms with Gasteiger partial charge < -0.3 is 15.2 Å². The van der Waals surface area contributed by atoms with Gasteiger partial charge in [-0.05, 0) is 36.4 Å². The molecular formula is C18H20ClN5O. The van der Waals surface area contributed by atoms with Gasteiger partial charge in [0.2, 0.25) is 0 Å². The number of rotatable bonds is 4. The molecule has 0 aliphatic rings. The molecule has 0 aliphatic carbocycles. The molecule has 0 unspecified atom stereocenters. The Labute approximate surface area is 151 Å². The summed E-state index contributed by atoms with van der Waals surface area (Å²) < 4.78 is 1.78. The van der Waals surface area contributed by atoms with E-state index in [1.807, 2.05) is 50.5 Å². The van der Waals surface area contributed by atoms with Crippen molar-refractivity contribution in [1.29, 1.82) is 0 Å². The lowest BCUT2D eigenvalue weighted by Gasteiger charge is -2.01. The number of anilines is 2. The van der Waals surface area contributed by atoms with Crippen LogP contribution >= 0.6 is 11.6 Å². The van der Waals surface area contributed by atoms with Crippen LogP contribution in [-0.4, -0.2) is 36.3 Å². The summed E-state index contributed by atoms with van der Waals surface area (Å²) in [6.07, 6.45) is 4.19. The summed E-state index contributed by atoms with van der Waals surface area (Å²) in [5.74, 6) is 0. The molecule has 2 heterocycles. The Morgan fingerprint density at radius 2 is 1.96 bits per heavy atom. The number of nitrogens with one attached hydrogen (secondary N) is 2. The molecule has 0 aliphatic heterocycles. The zero-order valence-corrected chi connectivity index (χ0v) is 15.1. The van der Waals surface area contributed by atoms with Gasteiger partial charge in [0.1, 0.15) is 5.65 Å². The highest BCUT2D eigenvalue weighted by atomic mass is 35.5. The monoisotopic (exact) mass is 357 g/mol. The van der Waals surface area contributed by atoms with E-state index in [0.29, 0.717) is 5.69 Å². The number of halogens is 1. The first-order valence-electron chi connectivity index (χ1n) is 7.60. The van der Waals surface area contributed by atoms with Crippen LogP contribution in [0.1, 0.15) is 10.5 Å². The standard InChI is InChI=1S/C10H11N3O.C8H9ClN2/c1-11-9-3-4-12-10-8(9)5-7(6-14)13(10)2;1-10-6-11-8-4-2-7(9)3-5-8/h3-6H,1-2H3,(H,11,12);2-6H,1H3,(H,10,11). The van der Waals surface area contributed by atoms with Crippen LogP contribution in [0.2, 0.25) is 5.02 Å². The molecule has 0 atom stereocenters. The van der Waals surface area contributed by atoms with E-state index in [1.165, 1.54) is 0 Å². The van der Waals surface area contributed by atoms with Gasteiger partial charge in [-0.1, -0.05) is 11.6 Å². The number of aliphatic imine (C=N–C) groups is 1. The van der Waals surface area contributed by atoms with Crippen molar-refractivity contribution in [3.63, 3.8) is 0 Å². The van der Waals surface area contributed by atoms with E-state index in [0.717, 1.165) is 33.7 Å². The van der Waals surface area contributed by atoms with Crippen molar-refractivity contribution in [3.8, 4) is 0 Å². The third kappa shape index (κ3) is 4.58. The van der Waals surface area contributed by atoms with E-state index in [-0.39, 0.29) is 0 Å². The molecule has 1 aromatic carbocycles. The van der Waals surface area contributed by atoms with E-state index in [2.05, 4.69) is 20.6 Å². The minimum absolute atomic E-state index is 0.634. The smallest absolute Gasteiger partial charge is 0.166 e. The molecule has 130 valence electrons. The van der Waals surface area contributed by atoms with Gasteiger partial charge in [-0.3, -0.25) is 9.79 Å². The summed E-state index contributed by atoms with van der Waals surface area (Å²) >= 11 is 5.68.